The fraction of sp³-hybridized carbons (Fsp3) is 0.333. The highest BCUT2D eigenvalue weighted by Gasteiger charge is 2.46. The number of hydrogen-bond acceptors (Lipinski definition) is 5. The molecule has 1 atom stereocenters. The molecule has 1 saturated heterocycles. The van der Waals surface area contributed by atoms with Crippen molar-refractivity contribution in [2.24, 2.45) is 0 Å². The Kier molecular flexibility index (Phi) is 4.27. The van der Waals surface area contributed by atoms with Gasteiger partial charge in [0.15, 0.2) is 0 Å². The van der Waals surface area contributed by atoms with E-state index in [1.807, 2.05) is 0 Å². The summed E-state index contributed by atoms with van der Waals surface area (Å²) in [5.74, 6) is -0.941. The summed E-state index contributed by atoms with van der Waals surface area (Å²) in [7, 11) is 0. The van der Waals surface area contributed by atoms with Gasteiger partial charge in [-0.1, -0.05) is 0 Å². The average Bonchev–Trinajstić information content (AvgIpc) is 2.99. The van der Waals surface area contributed by atoms with Crippen LogP contribution in [0.1, 0.15) is 12.1 Å². The second-order valence-corrected chi connectivity index (χ2v) is 5.59. The average molecular weight is 355 g/mol. The van der Waals surface area contributed by atoms with Crippen LogP contribution in [0.2, 0.25) is 0 Å². The lowest BCUT2D eigenvalue weighted by molar-refractivity contribution is -0.141. The number of hydrogen-bond donors (Lipinski definition) is 1. The van der Waals surface area contributed by atoms with Crippen LogP contribution in [0.15, 0.2) is 36.9 Å². The zero-order valence-corrected chi connectivity index (χ0v) is 12.8. The normalized spacial score (nSPS) is 20.6. The van der Waals surface area contributed by atoms with Crippen LogP contribution in [0, 0.1) is 0 Å². The van der Waals surface area contributed by atoms with Crippen LogP contribution in [0.25, 0.3) is 0 Å². The number of aromatic nitrogens is 3. The summed E-state index contributed by atoms with van der Waals surface area (Å²) in [6.45, 7) is -0.335. The highest BCUT2D eigenvalue weighted by molar-refractivity contribution is 5.98. The zero-order chi connectivity index (χ0) is 18.1. The Balaban J connectivity index is 1.73. The van der Waals surface area contributed by atoms with E-state index in [1.165, 1.54) is 17.3 Å². The van der Waals surface area contributed by atoms with Crippen molar-refractivity contribution < 1.29 is 22.4 Å². The second-order valence-electron chi connectivity index (χ2n) is 5.59. The van der Waals surface area contributed by atoms with Crippen molar-refractivity contribution in [1.29, 1.82) is 0 Å². The van der Waals surface area contributed by atoms with Gasteiger partial charge < -0.3 is 10.2 Å². The third kappa shape index (κ3) is 3.67. The number of carbonyl (C=O) groups is 1. The predicted molar refractivity (Wildman–Crippen MR) is 80.6 cm³/mol. The predicted octanol–water partition coefficient (Wildman–Crippen LogP) is 2.45. The van der Waals surface area contributed by atoms with Crippen molar-refractivity contribution in [2.75, 3.05) is 23.3 Å². The molecular formula is C15H13F4N5O. The number of nitrogens with one attached hydrogen (secondary N) is 1. The van der Waals surface area contributed by atoms with Gasteiger partial charge in [0.2, 0.25) is 5.67 Å². The molecule has 0 aliphatic carbocycles. The molecule has 132 valence electrons. The first-order chi connectivity index (χ1) is 11.8. The van der Waals surface area contributed by atoms with E-state index in [1.54, 1.807) is 12.1 Å². The Morgan fingerprint density at radius 2 is 2.12 bits per heavy atom. The molecule has 0 bridgehead atoms. The number of nitrogens with zero attached hydrogens (tertiary/aromatic N) is 4. The smallest absolute Gasteiger partial charge is 0.353 e. The summed E-state index contributed by atoms with van der Waals surface area (Å²) in [4.78, 5) is 24.2. The minimum absolute atomic E-state index is 0.0608. The minimum atomic E-state index is -4.62. The molecule has 1 fully saturated rings. The Bertz CT molecular complexity index is 770. The fourth-order valence-electron chi connectivity index (χ4n) is 2.51. The zero-order valence-electron chi connectivity index (χ0n) is 12.8. The largest absolute Gasteiger partial charge is 0.433 e. The maximum Gasteiger partial charge on any atom is 0.433 e. The van der Waals surface area contributed by atoms with Gasteiger partial charge in [-0.3, -0.25) is 9.78 Å². The molecule has 2 aromatic rings. The number of pyridine rings is 1. The van der Waals surface area contributed by atoms with Crippen molar-refractivity contribution in [3.63, 3.8) is 0 Å². The van der Waals surface area contributed by atoms with Gasteiger partial charge in [0, 0.05) is 25.2 Å². The highest BCUT2D eigenvalue weighted by Crippen LogP contribution is 2.33. The molecule has 1 unspecified atom stereocenters. The van der Waals surface area contributed by atoms with Crippen LogP contribution < -0.4 is 10.2 Å². The molecule has 0 radical (unpaired) electrons. The number of rotatable bonds is 3. The van der Waals surface area contributed by atoms with E-state index in [0.717, 1.165) is 12.4 Å². The summed E-state index contributed by atoms with van der Waals surface area (Å²) >= 11 is 0. The third-order valence-corrected chi connectivity index (χ3v) is 3.81. The summed E-state index contributed by atoms with van der Waals surface area (Å²) < 4.78 is 53.1. The molecule has 0 spiro atoms. The quantitative estimate of drug-likeness (QED) is 0.857. The molecule has 1 aliphatic rings. The topological polar surface area (TPSA) is 71.0 Å². The van der Waals surface area contributed by atoms with Crippen LogP contribution >= 0.6 is 0 Å². The maximum atomic E-state index is 14.9. The van der Waals surface area contributed by atoms with Gasteiger partial charge in [-0.05, 0) is 12.1 Å². The molecule has 1 amide bonds. The fourth-order valence-corrected chi connectivity index (χ4v) is 2.51. The van der Waals surface area contributed by atoms with Crippen molar-refractivity contribution in [2.45, 2.75) is 18.3 Å². The maximum absolute atomic E-state index is 14.9. The monoisotopic (exact) mass is 355 g/mol. The minimum Gasteiger partial charge on any atom is -0.353 e. The van der Waals surface area contributed by atoms with Gasteiger partial charge in [-0.25, -0.2) is 14.4 Å². The van der Waals surface area contributed by atoms with Crippen LogP contribution in [0.3, 0.4) is 0 Å². The van der Waals surface area contributed by atoms with Crippen molar-refractivity contribution in [3.05, 3.63) is 42.6 Å². The molecule has 2 aromatic heterocycles. The summed E-state index contributed by atoms with van der Waals surface area (Å²) in [6.07, 6.45) is -1.14. The van der Waals surface area contributed by atoms with Crippen molar-refractivity contribution >= 4 is 17.4 Å². The van der Waals surface area contributed by atoms with Crippen LogP contribution in [-0.2, 0) is 11.0 Å². The lowest BCUT2D eigenvalue weighted by Gasteiger charge is -2.21. The SMILES string of the molecule is O=C(Nc1cccnc1)C1(F)CCN(c2cc(C(F)(F)F)ncn2)C1. The molecule has 1 N–H and O–H groups in total. The molecule has 1 aliphatic heterocycles. The molecule has 3 rings (SSSR count). The second kappa shape index (κ2) is 6.26. The van der Waals surface area contributed by atoms with Gasteiger partial charge in [0.25, 0.3) is 5.91 Å². The lowest BCUT2D eigenvalue weighted by Crippen LogP contribution is -2.41. The van der Waals surface area contributed by atoms with E-state index in [2.05, 4.69) is 20.3 Å². The molecular weight excluding hydrogens is 342 g/mol. The van der Waals surface area contributed by atoms with Gasteiger partial charge in [-0.2, -0.15) is 13.2 Å². The molecule has 25 heavy (non-hydrogen) atoms. The molecule has 0 aromatic carbocycles. The summed E-state index contributed by atoms with van der Waals surface area (Å²) in [5, 5.41) is 2.42. The molecule has 6 nitrogen and oxygen atoms in total. The number of alkyl halides is 4. The number of anilines is 2. The van der Waals surface area contributed by atoms with E-state index in [0.29, 0.717) is 5.69 Å². The van der Waals surface area contributed by atoms with Crippen molar-refractivity contribution in [3.8, 4) is 0 Å². The van der Waals surface area contributed by atoms with E-state index in [9.17, 15) is 22.4 Å². The molecule has 3 heterocycles. The first-order valence-electron chi connectivity index (χ1n) is 7.32. The molecule has 0 saturated carbocycles. The first kappa shape index (κ1) is 17.1. The molecule has 10 heteroatoms. The van der Waals surface area contributed by atoms with Crippen LogP contribution in [0.4, 0.5) is 29.1 Å². The van der Waals surface area contributed by atoms with E-state index in [-0.39, 0.29) is 18.8 Å². The van der Waals surface area contributed by atoms with Gasteiger partial charge >= 0.3 is 6.18 Å². The van der Waals surface area contributed by atoms with Gasteiger partial charge in [-0.15, -0.1) is 0 Å². The summed E-state index contributed by atoms with van der Waals surface area (Å²) in [6, 6.07) is 3.88. The van der Waals surface area contributed by atoms with Crippen LogP contribution in [-0.4, -0.2) is 39.6 Å². The van der Waals surface area contributed by atoms with Gasteiger partial charge in [0.05, 0.1) is 18.4 Å². The Hall–Kier alpha value is -2.78. The highest BCUT2D eigenvalue weighted by atomic mass is 19.4. The number of amides is 1. The standard InChI is InChI=1S/C15H13F4N5O/c16-14(13(25)23-10-2-1-4-20-7-10)3-5-24(8-14)12-6-11(15(17,18)19)21-9-22-12/h1-2,4,6-7,9H,3,5,8H2,(H,23,25). The van der Waals surface area contributed by atoms with E-state index in [4.69, 9.17) is 0 Å². The van der Waals surface area contributed by atoms with Gasteiger partial charge in [0.1, 0.15) is 17.8 Å². The van der Waals surface area contributed by atoms with Crippen LogP contribution in [0.5, 0.6) is 0 Å². The summed E-state index contributed by atoms with van der Waals surface area (Å²) in [5.41, 5.74) is -3.02. The van der Waals surface area contributed by atoms with Crippen molar-refractivity contribution in [1.82, 2.24) is 15.0 Å². The van der Waals surface area contributed by atoms with E-state index >= 15 is 0 Å². The third-order valence-electron chi connectivity index (χ3n) is 3.81. The Morgan fingerprint density at radius 1 is 1.32 bits per heavy atom. The Labute approximate surface area is 139 Å². The van der Waals surface area contributed by atoms with E-state index < -0.39 is 30.0 Å². The Morgan fingerprint density at radius 3 is 2.80 bits per heavy atom. The number of halogens is 4. The lowest BCUT2D eigenvalue weighted by atomic mass is 10.0. The first-order valence-corrected chi connectivity index (χ1v) is 7.32. The number of carbonyl (C=O) groups excluding carboxylic acids is 1.